The van der Waals surface area contributed by atoms with Gasteiger partial charge in [-0.2, -0.15) is 0 Å². The second-order valence-electron chi connectivity index (χ2n) is 7.50. The molecule has 30 heavy (non-hydrogen) atoms. The van der Waals surface area contributed by atoms with Crippen LogP contribution in [0.1, 0.15) is 28.7 Å². The Kier molecular flexibility index (Phi) is 5.77. The molecule has 0 saturated carbocycles. The lowest BCUT2D eigenvalue weighted by atomic mass is 10.0. The lowest BCUT2D eigenvalue weighted by Gasteiger charge is -2.04. The molecule has 0 aromatic heterocycles. The average molecular weight is 391 g/mol. The minimum absolute atomic E-state index is 0.256. The summed E-state index contributed by atoms with van der Waals surface area (Å²) >= 11 is 0. The third-order valence-electron chi connectivity index (χ3n) is 5.26. The van der Waals surface area contributed by atoms with Gasteiger partial charge in [-0.05, 0) is 60.0 Å². The molecule has 0 radical (unpaired) electrons. The molecular weight excluding hydrogens is 367 g/mol. The van der Waals surface area contributed by atoms with Gasteiger partial charge in [-0.1, -0.05) is 84.1 Å². The van der Waals surface area contributed by atoms with Gasteiger partial charge in [0, 0.05) is 10.9 Å². The van der Waals surface area contributed by atoms with Crippen molar-refractivity contribution in [3.63, 3.8) is 0 Å². The van der Waals surface area contributed by atoms with Gasteiger partial charge in [0.1, 0.15) is 5.82 Å². The Bertz CT molecular complexity index is 1250. The van der Waals surface area contributed by atoms with Crippen molar-refractivity contribution in [3.05, 3.63) is 120 Å². The highest BCUT2D eigenvalue weighted by Gasteiger charge is 2.05. The van der Waals surface area contributed by atoms with Crippen LogP contribution in [-0.2, 0) is 6.42 Å². The third-order valence-corrected chi connectivity index (χ3v) is 5.26. The van der Waals surface area contributed by atoms with Crippen LogP contribution in [-0.4, -0.2) is 0 Å². The zero-order valence-corrected chi connectivity index (χ0v) is 17.1. The van der Waals surface area contributed by atoms with Gasteiger partial charge >= 0.3 is 0 Å². The summed E-state index contributed by atoms with van der Waals surface area (Å²) in [6, 6.07) is 26.1. The first-order chi connectivity index (χ1) is 14.6. The fourth-order valence-corrected chi connectivity index (χ4v) is 3.53. The second kappa shape index (κ2) is 8.80. The lowest BCUT2D eigenvalue weighted by Crippen LogP contribution is -1.87. The topological polar surface area (TPSA) is 0 Å². The normalized spacial score (nSPS) is 10.5. The van der Waals surface area contributed by atoms with Crippen molar-refractivity contribution in [1.82, 2.24) is 0 Å². The van der Waals surface area contributed by atoms with E-state index in [-0.39, 0.29) is 5.82 Å². The molecule has 0 bridgehead atoms. The van der Waals surface area contributed by atoms with Gasteiger partial charge in [0.25, 0.3) is 0 Å². The summed E-state index contributed by atoms with van der Waals surface area (Å²) < 4.78 is 14.8. The van der Waals surface area contributed by atoms with Gasteiger partial charge in [0.05, 0.1) is 5.56 Å². The van der Waals surface area contributed by atoms with E-state index >= 15 is 0 Å². The molecule has 0 fully saturated rings. The summed E-state index contributed by atoms with van der Waals surface area (Å²) in [6.07, 6.45) is 3.95. The fourth-order valence-electron chi connectivity index (χ4n) is 3.53. The Labute approximate surface area is 177 Å². The molecule has 0 nitrogen and oxygen atoms in total. The molecule has 4 aromatic rings. The molecular formula is C29H23F. The molecule has 0 aliphatic carbocycles. The number of hydrogen-bond donors (Lipinski definition) is 0. The highest BCUT2D eigenvalue weighted by atomic mass is 19.1. The molecule has 0 heterocycles. The Balaban J connectivity index is 1.54. The fraction of sp³-hybridized carbons (Fsp3) is 0.103. The standard InChI is InChI=1S/C29H23F/c1-3-4-5-22-7-12-24(13-8-22)25-14-9-23(10-15-25)11-16-26-17-18-27-20-21(2)6-19-28(27)29(26)30/h3,6-10,12-15,17-20H,1,4-5H2,2H3. The maximum absolute atomic E-state index is 14.8. The predicted molar refractivity (Wildman–Crippen MR) is 125 cm³/mol. The van der Waals surface area contributed by atoms with Crippen molar-refractivity contribution in [2.75, 3.05) is 0 Å². The molecule has 4 aromatic carbocycles. The van der Waals surface area contributed by atoms with Crippen molar-refractivity contribution in [2.45, 2.75) is 19.8 Å². The van der Waals surface area contributed by atoms with Crippen LogP contribution in [0, 0.1) is 24.6 Å². The van der Waals surface area contributed by atoms with Gasteiger partial charge in [0.15, 0.2) is 0 Å². The molecule has 146 valence electrons. The predicted octanol–water partition coefficient (Wildman–Crippen LogP) is 7.47. The highest BCUT2D eigenvalue weighted by molar-refractivity contribution is 5.85. The molecule has 4 rings (SSSR count). The van der Waals surface area contributed by atoms with E-state index in [9.17, 15) is 4.39 Å². The van der Waals surface area contributed by atoms with Crippen LogP contribution in [0.15, 0.2) is 91.5 Å². The number of aryl methyl sites for hydroxylation is 2. The number of fused-ring (bicyclic) bond motifs is 1. The van der Waals surface area contributed by atoms with E-state index < -0.39 is 0 Å². The largest absolute Gasteiger partial charge is 0.205 e. The molecule has 0 aliphatic heterocycles. The Morgan fingerprint density at radius 2 is 1.53 bits per heavy atom. The number of hydrogen-bond acceptors (Lipinski definition) is 0. The van der Waals surface area contributed by atoms with E-state index in [4.69, 9.17) is 0 Å². The van der Waals surface area contributed by atoms with Crippen molar-refractivity contribution in [1.29, 1.82) is 0 Å². The van der Waals surface area contributed by atoms with Crippen LogP contribution < -0.4 is 0 Å². The number of benzene rings is 4. The van der Waals surface area contributed by atoms with Gasteiger partial charge < -0.3 is 0 Å². The molecule has 1 heteroatoms. The first-order valence-electron chi connectivity index (χ1n) is 10.2. The molecule has 0 atom stereocenters. The van der Waals surface area contributed by atoms with E-state index in [0.29, 0.717) is 10.9 Å². The second-order valence-corrected chi connectivity index (χ2v) is 7.50. The third kappa shape index (κ3) is 4.34. The van der Waals surface area contributed by atoms with Crippen LogP contribution in [0.25, 0.3) is 21.9 Å². The van der Waals surface area contributed by atoms with Crippen molar-refractivity contribution in [2.24, 2.45) is 0 Å². The van der Waals surface area contributed by atoms with Crippen LogP contribution in [0.5, 0.6) is 0 Å². The van der Waals surface area contributed by atoms with Crippen LogP contribution in [0.2, 0.25) is 0 Å². The van der Waals surface area contributed by atoms with E-state index in [1.54, 1.807) is 6.07 Å². The minimum Gasteiger partial charge on any atom is -0.205 e. The van der Waals surface area contributed by atoms with Gasteiger partial charge in [-0.25, -0.2) is 4.39 Å². The van der Waals surface area contributed by atoms with Crippen LogP contribution in [0.3, 0.4) is 0 Å². The summed E-state index contributed by atoms with van der Waals surface area (Å²) in [5.41, 5.74) is 6.03. The molecule has 0 amide bonds. The quantitative estimate of drug-likeness (QED) is 0.250. The van der Waals surface area contributed by atoms with E-state index in [1.165, 1.54) is 11.1 Å². The summed E-state index contributed by atoms with van der Waals surface area (Å²) in [4.78, 5) is 0. The van der Waals surface area contributed by atoms with Crippen molar-refractivity contribution >= 4 is 10.8 Å². The Morgan fingerprint density at radius 1 is 0.833 bits per heavy atom. The van der Waals surface area contributed by atoms with E-state index in [1.807, 2.05) is 49.4 Å². The molecule has 0 saturated heterocycles. The molecule has 0 aliphatic rings. The summed E-state index contributed by atoms with van der Waals surface area (Å²) in [5, 5.41) is 1.51. The molecule has 0 spiro atoms. The zero-order chi connectivity index (χ0) is 20.9. The minimum atomic E-state index is -0.256. The Morgan fingerprint density at radius 3 is 2.23 bits per heavy atom. The first kappa shape index (κ1) is 19.7. The van der Waals surface area contributed by atoms with Crippen molar-refractivity contribution < 1.29 is 4.39 Å². The maximum atomic E-state index is 14.8. The molecule has 0 N–H and O–H groups in total. The van der Waals surface area contributed by atoms with Crippen LogP contribution in [0.4, 0.5) is 4.39 Å². The zero-order valence-electron chi connectivity index (χ0n) is 17.1. The highest BCUT2D eigenvalue weighted by Crippen LogP contribution is 2.23. The van der Waals surface area contributed by atoms with Gasteiger partial charge in [0.2, 0.25) is 0 Å². The summed E-state index contributed by atoms with van der Waals surface area (Å²) in [7, 11) is 0. The smallest absolute Gasteiger partial charge is 0.146 e. The summed E-state index contributed by atoms with van der Waals surface area (Å²) in [5.74, 6) is 5.82. The lowest BCUT2D eigenvalue weighted by molar-refractivity contribution is 0.636. The monoisotopic (exact) mass is 390 g/mol. The molecule has 0 unspecified atom stereocenters. The SMILES string of the molecule is C=CCCc1ccc(-c2ccc(C#Cc3ccc4cc(C)ccc4c3F)cc2)cc1. The average Bonchev–Trinajstić information content (AvgIpc) is 2.78. The van der Waals surface area contributed by atoms with Gasteiger partial charge in [-0.15, -0.1) is 6.58 Å². The number of allylic oxidation sites excluding steroid dienone is 1. The Hall–Kier alpha value is -3.63. The van der Waals surface area contributed by atoms with E-state index in [2.05, 4.69) is 54.8 Å². The van der Waals surface area contributed by atoms with Crippen molar-refractivity contribution in [3.8, 4) is 23.0 Å². The summed E-state index contributed by atoms with van der Waals surface area (Å²) in [6.45, 7) is 5.78. The number of rotatable bonds is 4. The first-order valence-corrected chi connectivity index (χ1v) is 10.2. The van der Waals surface area contributed by atoms with Gasteiger partial charge in [-0.3, -0.25) is 0 Å². The number of halogens is 1. The van der Waals surface area contributed by atoms with E-state index in [0.717, 1.165) is 34.9 Å². The maximum Gasteiger partial charge on any atom is 0.146 e. The van der Waals surface area contributed by atoms with Crippen LogP contribution >= 0.6 is 0 Å².